The van der Waals surface area contributed by atoms with E-state index < -0.39 is 0 Å². The molecule has 4 heteroatoms. The number of fused-ring (bicyclic) bond motifs is 2. The zero-order valence-corrected chi connectivity index (χ0v) is 6.94. The lowest BCUT2D eigenvalue weighted by Crippen LogP contribution is -2.43. The molecule has 2 saturated heterocycles. The number of nitrogens with zero attached hydrogens (tertiary/aromatic N) is 2. The SMILES string of the molecule is N#CC(N)CN1CC2CC1CO2. The number of nitriles is 1. The zero-order chi connectivity index (χ0) is 8.55. The van der Waals surface area contributed by atoms with Crippen molar-refractivity contribution in [3.63, 3.8) is 0 Å². The number of ether oxygens (including phenoxy) is 1. The van der Waals surface area contributed by atoms with Crippen LogP contribution in [0.25, 0.3) is 0 Å². The van der Waals surface area contributed by atoms with Crippen LogP contribution in [0.3, 0.4) is 0 Å². The molecule has 2 N–H and O–H groups in total. The third-order valence-corrected chi connectivity index (χ3v) is 2.61. The quantitative estimate of drug-likeness (QED) is 0.591. The highest BCUT2D eigenvalue weighted by Gasteiger charge is 2.39. The summed E-state index contributed by atoms with van der Waals surface area (Å²) in [7, 11) is 0. The predicted octanol–water partition coefficient (Wildman–Crippen LogP) is -0.690. The first kappa shape index (κ1) is 7.99. The molecule has 2 heterocycles. The number of rotatable bonds is 2. The van der Waals surface area contributed by atoms with Crippen LogP contribution in [0.1, 0.15) is 6.42 Å². The molecule has 4 nitrogen and oxygen atoms in total. The average Bonchev–Trinajstić information content (AvgIpc) is 2.64. The van der Waals surface area contributed by atoms with Gasteiger partial charge in [-0.1, -0.05) is 0 Å². The van der Waals surface area contributed by atoms with E-state index in [-0.39, 0.29) is 6.04 Å². The molecule has 0 aromatic carbocycles. The van der Waals surface area contributed by atoms with E-state index in [1.54, 1.807) is 0 Å². The summed E-state index contributed by atoms with van der Waals surface area (Å²) in [5.74, 6) is 0. The molecular weight excluding hydrogens is 154 g/mol. The Morgan fingerprint density at radius 3 is 3.08 bits per heavy atom. The van der Waals surface area contributed by atoms with Gasteiger partial charge in [0.25, 0.3) is 0 Å². The van der Waals surface area contributed by atoms with Gasteiger partial charge in [-0.15, -0.1) is 0 Å². The summed E-state index contributed by atoms with van der Waals surface area (Å²) in [4.78, 5) is 2.27. The minimum atomic E-state index is -0.343. The second-order valence-corrected chi connectivity index (χ2v) is 3.53. The molecule has 0 aliphatic carbocycles. The minimum Gasteiger partial charge on any atom is -0.375 e. The van der Waals surface area contributed by atoms with E-state index in [2.05, 4.69) is 4.90 Å². The maximum Gasteiger partial charge on any atom is 0.106 e. The third kappa shape index (κ3) is 1.31. The summed E-state index contributed by atoms with van der Waals surface area (Å²) in [5, 5.41) is 8.53. The average molecular weight is 167 g/mol. The lowest BCUT2D eigenvalue weighted by atomic mass is 10.2. The van der Waals surface area contributed by atoms with Gasteiger partial charge in [-0.25, -0.2) is 0 Å². The molecule has 2 rings (SSSR count). The Bertz CT molecular complexity index is 213. The van der Waals surface area contributed by atoms with E-state index in [9.17, 15) is 0 Å². The van der Waals surface area contributed by atoms with Gasteiger partial charge in [0.2, 0.25) is 0 Å². The summed E-state index contributed by atoms with van der Waals surface area (Å²) in [5.41, 5.74) is 5.54. The summed E-state index contributed by atoms with van der Waals surface area (Å²) in [6.07, 6.45) is 1.53. The molecule has 2 bridgehead atoms. The lowest BCUT2D eigenvalue weighted by Gasteiger charge is -2.26. The second kappa shape index (κ2) is 3.02. The van der Waals surface area contributed by atoms with Crippen LogP contribution in [0.5, 0.6) is 0 Å². The van der Waals surface area contributed by atoms with Gasteiger partial charge < -0.3 is 10.5 Å². The maximum absolute atomic E-state index is 8.53. The summed E-state index contributed by atoms with van der Waals surface area (Å²) in [6, 6.07) is 2.23. The molecule has 0 aromatic heterocycles. The molecule has 0 spiro atoms. The van der Waals surface area contributed by atoms with E-state index in [1.807, 2.05) is 6.07 Å². The summed E-state index contributed by atoms with van der Waals surface area (Å²) >= 11 is 0. The number of likely N-dealkylation sites (tertiary alicyclic amines) is 1. The van der Waals surface area contributed by atoms with Crippen LogP contribution in [0.2, 0.25) is 0 Å². The van der Waals surface area contributed by atoms with Gasteiger partial charge in [0.15, 0.2) is 0 Å². The first-order valence-corrected chi connectivity index (χ1v) is 4.30. The molecule has 0 amide bonds. The van der Waals surface area contributed by atoms with Crippen LogP contribution in [0.4, 0.5) is 0 Å². The van der Waals surface area contributed by atoms with Gasteiger partial charge in [-0.2, -0.15) is 5.26 Å². The van der Waals surface area contributed by atoms with E-state index in [0.29, 0.717) is 18.7 Å². The van der Waals surface area contributed by atoms with Crippen molar-refractivity contribution in [1.82, 2.24) is 4.90 Å². The molecule has 3 atom stereocenters. The topological polar surface area (TPSA) is 62.3 Å². The molecule has 2 fully saturated rings. The smallest absolute Gasteiger partial charge is 0.106 e. The van der Waals surface area contributed by atoms with Crippen molar-refractivity contribution in [1.29, 1.82) is 5.26 Å². The zero-order valence-electron chi connectivity index (χ0n) is 6.94. The van der Waals surface area contributed by atoms with Gasteiger partial charge in [-0.3, -0.25) is 4.90 Å². The Morgan fingerprint density at radius 2 is 2.58 bits per heavy atom. The van der Waals surface area contributed by atoms with Crippen LogP contribution in [-0.4, -0.2) is 42.8 Å². The third-order valence-electron chi connectivity index (χ3n) is 2.61. The van der Waals surface area contributed by atoms with Crippen LogP contribution in [-0.2, 0) is 4.74 Å². The Morgan fingerprint density at radius 1 is 1.75 bits per heavy atom. The van der Waals surface area contributed by atoms with Gasteiger partial charge in [-0.05, 0) is 6.42 Å². The molecule has 3 unspecified atom stereocenters. The van der Waals surface area contributed by atoms with E-state index in [1.165, 1.54) is 0 Å². The monoisotopic (exact) mass is 167 g/mol. The first-order chi connectivity index (χ1) is 5.79. The number of hydrogen-bond donors (Lipinski definition) is 1. The van der Waals surface area contributed by atoms with Crippen LogP contribution in [0, 0.1) is 11.3 Å². The van der Waals surface area contributed by atoms with Crippen LogP contribution < -0.4 is 5.73 Å². The fraction of sp³-hybridized carbons (Fsp3) is 0.875. The highest BCUT2D eigenvalue weighted by molar-refractivity contribution is 4.96. The fourth-order valence-corrected chi connectivity index (χ4v) is 2.00. The molecule has 0 radical (unpaired) electrons. The maximum atomic E-state index is 8.53. The molecule has 0 saturated carbocycles. The van der Waals surface area contributed by atoms with Gasteiger partial charge in [0, 0.05) is 19.1 Å². The Hall–Kier alpha value is -0.630. The van der Waals surface area contributed by atoms with Gasteiger partial charge >= 0.3 is 0 Å². The van der Waals surface area contributed by atoms with Crippen molar-refractivity contribution >= 4 is 0 Å². The van der Waals surface area contributed by atoms with Crippen molar-refractivity contribution in [3.05, 3.63) is 0 Å². The van der Waals surface area contributed by atoms with Gasteiger partial charge in [0.1, 0.15) is 6.04 Å². The molecule has 0 aromatic rings. The van der Waals surface area contributed by atoms with Crippen molar-refractivity contribution < 1.29 is 4.74 Å². The standard InChI is InChI=1S/C8H13N3O/c9-2-6(10)3-11-4-8-1-7(11)5-12-8/h6-8H,1,3-5,10H2. The summed E-state index contributed by atoms with van der Waals surface area (Å²) < 4.78 is 5.43. The number of nitrogens with two attached hydrogens (primary N) is 1. The van der Waals surface area contributed by atoms with E-state index in [4.69, 9.17) is 15.7 Å². The fourth-order valence-electron chi connectivity index (χ4n) is 2.00. The van der Waals surface area contributed by atoms with E-state index in [0.717, 1.165) is 19.6 Å². The van der Waals surface area contributed by atoms with Crippen molar-refractivity contribution in [2.75, 3.05) is 19.7 Å². The normalized spacial score (nSPS) is 36.7. The highest BCUT2D eigenvalue weighted by Crippen LogP contribution is 2.27. The molecule has 66 valence electrons. The molecule has 2 aliphatic heterocycles. The van der Waals surface area contributed by atoms with Crippen molar-refractivity contribution in [2.24, 2.45) is 5.73 Å². The van der Waals surface area contributed by atoms with E-state index >= 15 is 0 Å². The Labute approximate surface area is 71.9 Å². The number of morpholine rings is 1. The summed E-state index contributed by atoms with van der Waals surface area (Å²) in [6.45, 7) is 2.48. The number of hydrogen-bond acceptors (Lipinski definition) is 4. The van der Waals surface area contributed by atoms with Crippen molar-refractivity contribution in [2.45, 2.75) is 24.6 Å². The minimum absolute atomic E-state index is 0.343. The molecule has 2 aliphatic rings. The van der Waals surface area contributed by atoms with Crippen LogP contribution in [0.15, 0.2) is 0 Å². The molecular formula is C8H13N3O. The first-order valence-electron chi connectivity index (χ1n) is 4.30. The lowest BCUT2D eigenvalue weighted by molar-refractivity contribution is 0.0301. The predicted molar refractivity (Wildman–Crippen MR) is 43.3 cm³/mol. The second-order valence-electron chi connectivity index (χ2n) is 3.53. The largest absolute Gasteiger partial charge is 0.375 e. The molecule has 12 heavy (non-hydrogen) atoms. The van der Waals surface area contributed by atoms with Crippen LogP contribution >= 0.6 is 0 Å². The van der Waals surface area contributed by atoms with Gasteiger partial charge in [0.05, 0.1) is 18.8 Å². The Kier molecular flexibility index (Phi) is 2.01. The van der Waals surface area contributed by atoms with Crippen molar-refractivity contribution in [3.8, 4) is 6.07 Å². The Balaban J connectivity index is 1.87. The highest BCUT2D eigenvalue weighted by atomic mass is 16.5.